The number of halogens is 2. The number of carbonyl (C=O) groups excluding carboxylic acids is 1. The highest BCUT2D eigenvalue weighted by molar-refractivity contribution is 9.11. The van der Waals surface area contributed by atoms with E-state index in [0.29, 0.717) is 32.6 Å². The van der Waals surface area contributed by atoms with E-state index in [1.807, 2.05) is 31.2 Å². The highest BCUT2D eigenvalue weighted by Crippen LogP contribution is 2.28. The summed E-state index contributed by atoms with van der Waals surface area (Å²) in [7, 11) is 0. The van der Waals surface area contributed by atoms with Crippen LogP contribution in [-0.4, -0.2) is 25.7 Å². The minimum absolute atomic E-state index is 0.0817. The second-order valence-electron chi connectivity index (χ2n) is 7.02. The van der Waals surface area contributed by atoms with Gasteiger partial charge in [0.25, 0.3) is 5.91 Å². The Balaban J connectivity index is 1.41. The number of nitrogens with zero attached hydrogens (tertiary/aromatic N) is 4. The van der Waals surface area contributed by atoms with Crippen molar-refractivity contribution >= 4 is 60.1 Å². The van der Waals surface area contributed by atoms with E-state index >= 15 is 0 Å². The van der Waals surface area contributed by atoms with Crippen molar-refractivity contribution in [3.63, 3.8) is 0 Å². The molecule has 1 N–H and O–H groups in total. The summed E-state index contributed by atoms with van der Waals surface area (Å²) in [5.74, 6) is 0.142. The van der Waals surface area contributed by atoms with Gasteiger partial charge >= 0.3 is 5.63 Å². The molecule has 158 valence electrons. The number of hydrogen-bond donors (Lipinski definition) is 1. The number of benzene rings is 2. The minimum atomic E-state index is -0.712. The molecule has 0 fully saturated rings. The quantitative estimate of drug-likeness (QED) is 0.315. The van der Waals surface area contributed by atoms with E-state index in [4.69, 9.17) is 4.42 Å². The van der Waals surface area contributed by atoms with Crippen LogP contribution in [0.1, 0.15) is 16.2 Å². The van der Waals surface area contributed by atoms with Gasteiger partial charge in [-0.3, -0.25) is 4.79 Å². The number of fused-ring (bicyclic) bond motifs is 2. The van der Waals surface area contributed by atoms with Crippen LogP contribution in [0.4, 0.5) is 5.69 Å². The predicted octanol–water partition coefficient (Wildman–Crippen LogP) is 4.98. The number of carbonyl (C=O) groups is 1. The summed E-state index contributed by atoms with van der Waals surface area (Å²) in [4.78, 5) is 25.1. The molecule has 0 spiro atoms. The first-order valence-corrected chi connectivity index (χ1v) is 11.0. The van der Waals surface area contributed by atoms with Crippen LogP contribution in [-0.2, 0) is 0 Å². The Morgan fingerprint density at radius 3 is 2.59 bits per heavy atom. The van der Waals surface area contributed by atoms with E-state index < -0.39 is 11.5 Å². The van der Waals surface area contributed by atoms with E-state index in [-0.39, 0.29) is 5.56 Å². The topological polar surface area (TPSA) is 102 Å². The van der Waals surface area contributed by atoms with Gasteiger partial charge in [0.1, 0.15) is 5.56 Å². The Kier molecular flexibility index (Phi) is 5.10. The van der Waals surface area contributed by atoms with Crippen LogP contribution in [0.15, 0.2) is 72.8 Å². The zero-order valence-electron chi connectivity index (χ0n) is 16.5. The van der Waals surface area contributed by atoms with Crippen molar-refractivity contribution in [3.8, 4) is 11.3 Å². The van der Waals surface area contributed by atoms with Crippen molar-refractivity contribution in [2.45, 2.75) is 6.92 Å². The second-order valence-corrected chi connectivity index (χ2v) is 8.79. The van der Waals surface area contributed by atoms with Crippen molar-refractivity contribution < 1.29 is 9.21 Å². The van der Waals surface area contributed by atoms with Crippen LogP contribution in [0.5, 0.6) is 0 Å². The fourth-order valence-corrected chi connectivity index (χ4v) is 4.63. The Hall–Kier alpha value is -3.37. The van der Waals surface area contributed by atoms with Crippen molar-refractivity contribution in [1.29, 1.82) is 0 Å². The van der Waals surface area contributed by atoms with Crippen LogP contribution in [0.2, 0.25) is 0 Å². The molecule has 0 unspecified atom stereocenters. The summed E-state index contributed by atoms with van der Waals surface area (Å²) >= 11 is 6.76. The molecule has 0 bridgehead atoms. The summed E-state index contributed by atoms with van der Waals surface area (Å²) in [6.07, 6.45) is 0. The van der Waals surface area contributed by atoms with Gasteiger partial charge in [-0.1, -0.05) is 28.1 Å². The van der Waals surface area contributed by atoms with E-state index in [0.717, 1.165) is 15.7 Å². The monoisotopic (exact) mass is 553 g/mol. The third-order valence-corrected chi connectivity index (χ3v) is 5.90. The lowest BCUT2D eigenvalue weighted by atomic mass is 10.1. The number of aromatic nitrogens is 4. The molecule has 0 aliphatic heterocycles. The number of aryl methyl sites for hydroxylation is 1. The highest BCUT2D eigenvalue weighted by Gasteiger charge is 2.16. The molecule has 0 aliphatic rings. The van der Waals surface area contributed by atoms with E-state index in [1.165, 1.54) is 6.07 Å². The molecule has 10 heteroatoms. The molecule has 2 aromatic carbocycles. The average Bonchev–Trinajstić information content (AvgIpc) is 3.14. The van der Waals surface area contributed by atoms with Crippen LogP contribution in [0.25, 0.3) is 27.9 Å². The lowest BCUT2D eigenvalue weighted by Gasteiger charge is -2.08. The SMILES string of the molecule is Cc1nnc2ccc(-c3ccc(NC(=O)c4cc5cc(Br)cc(Br)c5oc4=O)cc3)nn12. The number of rotatable bonds is 3. The smallest absolute Gasteiger partial charge is 0.349 e. The molecule has 5 rings (SSSR count). The normalized spacial score (nSPS) is 11.2. The van der Waals surface area contributed by atoms with Gasteiger partial charge in [-0.25, -0.2) is 4.79 Å². The van der Waals surface area contributed by atoms with E-state index in [2.05, 4.69) is 52.5 Å². The van der Waals surface area contributed by atoms with E-state index in [9.17, 15) is 9.59 Å². The molecule has 0 aliphatic carbocycles. The zero-order valence-corrected chi connectivity index (χ0v) is 19.6. The molecular weight excluding hydrogens is 542 g/mol. The lowest BCUT2D eigenvalue weighted by Crippen LogP contribution is -2.20. The Labute approximate surface area is 197 Å². The maximum atomic E-state index is 12.7. The van der Waals surface area contributed by atoms with Gasteiger partial charge in [0.15, 0.2) is 17.1 Å². The standard InChI is InChI=1S/C22H13Br2N5O3/c1-11-26-27-19-7-6-18(28-29(11)19)12-2-4-15(5-3-12)25-21(30)16-9-13-8-14(23)10-17(24)20(13)32-22(16)31/h2-10H,1H3,(H,25,30). The molecule has 0 atom stereocenters. The van der Waals surface area contributed by atoms with Crippen LogP contribution in [0.3, 0.4) is 0 Å². The lowest BCUT2D eigenvalue weighted by molar-refractivity contribution is 0.102. The number of hydrogen-bond acceptors (Lipinski definition) is 6. The number of anilines is 1. The Bertz CT molecular complexity index is 1580. The maximum Gasteiger partial charge on any atom is 0.349 e. The number of amides is 1. The third kappa shape index (κ3) is 3.71. The number of nitrogens with one attached hydrogen (secondary N) is 1. The molecular formula is C22H13Br2N5O3. The first-order chi connectivity index (χ1) is 15.4. The fraction of sp³-hybridized carbons (Fsp3) is 0.0455. The van der Waals surface area contributed by atoms with Crippen molar-refractivity contribution in [3.05, 3.63) is 85.4 Å². The van der Waals surface area contributed by atoms with Gasteiger partial charge in [0.05, 0.1) is 10.2 Å². The molecule has 32 heavy (non-hydrogen) atoms. The van der Waals surface area contributed by atoms with Gasteiger partial charge in [-0.05, 0) is 65.3 Å². The molecule has 3 heterocycles. The summed E-state index contributed by atoms with van der Waals surface area (Å²) in [6.45, 7) is 1.83. The molecule has 3 aromatic heterocycles. The predicted molar refractivity (Wildman–Crippen MR) is 127 cm³/mol. The molecule has 1 amide bonds. The van der Waals surface area contributed by atoms with Crippen LogP contribution < -0.4 is 10.9 Å². The van der Waals surface area contributed by atoms with Gasteiger partial charge < -0.3 is 9.73 Å². The summed E-state index contributed by atoms with van der Waals surface area (Å²) < 4.78 is 8.43. The average molecular weight is 555 g/mol. The molecule has 0 radical (unpaired) electrons. The van der Waals surface area contributed by atoms with Crippen molar-refractivity contribution in [2.75, 3.05) is 5.32 Å². The Morgan fingerprint density at radius 2 is 1.81 bits per heavy atom. The third-order valence-electron chi connectivity index (χ3n) is 4.85. The summed E-state index contributed by atoms with van der Waals surface area (Å²) in [6, 6.07) is 15.9. The van der Waals surface area contributed by atoms with Gasteiger partial charge in [0.2, 0.25) is 0 Å². The van der Waals surface area contributed by atoms with E-state index in [1.54, 1.807) is 28.8 Å². The first-order valence-electron chi connectivity index (χ1n) is 9.43. The largest absolute Gasteiger partial charge is 0.421 e. The molecule has 0 saturated heterocycles. The molecule has 0 saturated carbocycles. The molecule has 5 aromatic rings. The second kappa shape index (κ2) is 7.95. The summed E-state index contributed by atoms with van der Waals surface area (Å²) in [5, 5.41) is 15.9. The first kappa shape index (κ1) is 20.5. The maximum absolute atomic E-state index is 12.7. The molecule has 8 nitrogen and oxygen atoms in total. The van der Waals surface area contributed by atoms with Crippen molar-refractivity contribution in [2.24, 2.45) is 0 Å². The Morgan fingerprint density at radius 1 is 1.03 bits per heavy atom. The van der Waals surface area contributed by atoms with Crippen LogP contribution >= 0.6 is 31.9 Å². The van der Waals surface area contributed by atoms with Crippen molar-refractivity contribution in [1.82, 2.24) is 19.8 Å². The van der Waals surface area contributed by atoms with Crippen LogP contribution in [0, 0.1) is 6.92 Å². The highest BCUT2D eigenvalue weighted by atomic mass is 79.9. The fourth-order valence-electron chi connectivity index (χ4n) is 3.29. The van der Waals surface area contributed by atoms with Gasteiger partial charge in [-0.15, -0.1) is 10.2 Å². The summed E-state index contributed by atoms with van der Waals surface area (Å²) in [5.41, 5.74) is 2.39. The minimum Gasteiger partial charge on any atom is -0.421 e. The van der Waals surface area contributed by atoms with Gasteiger partial charge in [0, 0.05) is 21.1 Å². The van der Waals surface area contributed by atoms with Gasteiger partial charge in [-0.2, -0.15) is 9.61 Å². The zero-order chi connectivity index (χ0) is 22.4.